The van der Waals surface area contributed by atoms with Crippen LogP contribution in [0.2, 0.25) is 0 Å². The lowest BCUT2D eigenvalue weighted by atomic mass is 9.68. The maximum absolute atomic E-state index is 13.6. The van der Waals surface area contributed by atoms with Crippen molar-refractivity contribution in [2.45, 2.75) is 174 Å². The van der Waals surface area contributed by atoms with Crippen LogP contribution < -0.4 is 0 Å². The van der Waals surface area contributed by atoms with Gasteiger partial charge in [-0.3, -0.25) is 4.79 Å². The molecule has 0 aromatic heterocycles. The smallest absolute Gasteiger partial charge is 0.313 e. The number of carbonyl (C=O) groups is 1. The molecule has 0 aromatic carbocycles. The number of ether oxygens (including phenoxy) is 6. The first-order valence-corrected chi connectivity index (χ1v) is 17.4. The molecular formula is C34H60O13. The Morgan fingerprint density at radius 2 is 1.40 bits per heavy atom. The van der Waals surface area contributed by atoms with Gasteiger partial charge >= 0.3 is 5.97 Å². The van der Waals surface area contributed by atoms with Crippen LogP contribution in [0.5, 0.6) is 0 Å². The van der Waals surface area contributed by atoms with E-state index >= 15 is 0 Å². The molecule has 4 aliphatic heterocycles. The third-order valence-corrected chi connectivity index (χ3v) is 11.7. The van der Waals surface area contributed by atoms with Gasteiger partial charge < -0.3 is 59.1 Å². The molecule has 4 aliphatic rings. The molecule has 13 nitrogen and oxygen atoms in total. The number of aliphatic hydroxyl groups excluding tert-OH is 5. The van der Waals surface area contributed by atoms with Gasteiger partial charge in [0.1, 0.15) is 12.2 Å². The van der Waals surface area contributed by atoms with Crippen molar-refractivity contribution < 1.29 is 63.9 Å². The van der Waals surface area contributed by atoms with E-state index in [1.807, 2.05) is 34.6 Å². The Balaban J connectivity index is 1.44. The van der Waals surface area contributed by atoms with Gasteiger partial charge in [-0.25, -0.2) is 0 Å². The van der Waals surface area contributed by atoms with E-state index in [-0.39, 0.29) is 24.7 Å². The third kappa shape index (κ3) is 7.42. The molecule has 0 aromatic rings. The predicted molar refractivity (Wildman–Crippen MR) is 167 cm³/mol. The van der Waals surface area contributed by atoms with E-state index < -0.39 is 115 Å². The molecule has 20 atom stereocenters. The van der Waals surface area contributed by atoms with Gasteiger partial charge in [-0.2, -0.15) is 0 Å². The van der Waals surface area contributed by atoms with Crippen LogP contribution in [0.25, 0.3) is 0 Å². The van der Waals surface area contributed by atoms with Crippen LogP contribution in [0.3, 0.4) is 0 Å². The number of carbonyl (C=O) groups excluding carboxylic acids is 1. The summed E-state index contributed by atoms with van der Waals surface area (Å²) in [5.41, 5.74) is -1.44. The summed E-state index contributed by atoms with van der Waals surface area (Å²) >= 11 is 0. The minimum Gasteiger partial charge on any atom is -0.435 e. The van der Waals surface area contributed by atoms with Gasteiger partial charge in [0, 0.05) is 42.4 Å². The zero-order valence-electron chi connectivity index (χ0n) is 29.6. The molecule has 47 heavy (non-hydrogen) atoms. The standard InChI is InChI=1S/C34H60O13/c1-11-22(35)14(2)28-15(3)26(37)18(6)34(46-28)19(7)27(38)16(4)29(47-34)17(5)32(40)45-24-12-23(36)30(20(8)42-24)44-25-13-33(10,41)31(39)21(9)43-25/h14-31,35-39,41H,11-13H2,1-10H3/t14-,15+,16+,17-,18-,19+,20+,21+,22-,23+,24-,25-,26-,27-,28-,29-,30+,31+,33-,34-/m0/s1. The van der Waals surface area contributed by atoms with E-state index in [1.165, 1.54) is 6.92 Å². The molecule has 6 N–H and O–H groups in total. The quantitative estimate of drug-likeness (QED) is 0.203. The summed E-state index contributed by atoms with van der Waals surface area (Å²) in [5, 5.41) is 65.3. The van der Waals surface area contributed by atoms with Gasteiger partial charge in [-0.05, 0) is 34.1 Å². The minimum absolute atomic E-state index is 0.00692. The Kier molecular flexibility index (Phi) is 12.2. The molecule has 1 spiro atoms. The lowest BCUT2D eigenvalue weighted by Crippen LogP contribution is -2.70. The molecular weight excluding hydrogens is 616 g/mol. The van der Waals surface area contributed by atoms with Crippen molar-refractivity contribution >= 4 is 5.97 Å². The number of hydrogen-bond acceptors (Lipinski definition) is 13. The predicted octanol–water partition coefficient (Wildman–Crippen LogP) is 1.46. The summed E-state index contributed by atoms with van der Waals surface area (Å²) in [6.07, 6.45) is -9.83. The van der Waals surface area contributed by atoms with Gasteiger partial charge in [0.25, 0.3) is 0 Å². The van der Waals surface area contributed by atoms with Gasteiger partial charge in [0.05, 0.1) is 60.4 Å². The second-order valence-corrected chi connectivity index (χ2v) is 15.2. The van der Waals surface area contributed by atoms with E-state index in [2.05, 4.69) is 0 Å². The Morgan fingerprint density at radius 1 is 0.872 bits per heavy atom. The highest BCUT2D eigenvalue weighted by Crippen LogP contribution is 2.51. The molecule has 274 valence electrons. The van der Waals surface area contributed by atoms with Crippen molar-refractivity contribution in [1.82, 2.24) is 0 Å². The monoisotopic (exact) mass is 676 g/mol. The molecule has 0 amide bonds. The van der Waals surface area contributed by atoms with Crippen molar-refractivity contribution in [3.05, 3.63) is 0 Å². The van der Waals surface area contributed by atoms with Crippen LogP contribution in [0.15, 0.2) is 0 Å². The van der Waals surface area contributed by atoms with Crippen LogP contribution >= 0.6 is 0 Å². The number of aliphatic hydroxyl groups is 6. The molecule has 4 rings (SSSR count). The van der Waals surface area contributed by atoms with Gasteiger partial charge in [0.15, 0.2) is 12.1 Å². The van der Waals surface area contributed by atoms with Crippen molar-refractivity contribution in [2.24, 2.45) is 35.5 Å². The van der Waals surface area contributed by atoms with Crippen molar-refractivity contribution in [3.8, 4) is 0 Å². The van der Waals surface area contributed by atoms with Crippen molar-refractivity contribution in [3.63, 3.8) is 0 Å². The lowest BCUT2D eigenvalue weighted by molar-refractivity contribution is -0.410. The maximum Gasteiger partial charge on any atom is 0.313 e. The molecule has 4 saturated heterocycles. The van der Waals surface area contributed by atoms with E-state index in [9.17, 15) is 35.4 Å². The van der Waals surface area contributed by atoms with Crippen LogP contribution in [-0.4, -0.2) is 122 Å². The Morgan fingerprint density at radius 3 is 1.94 bits per heavy atom. The molecule has 4 heterocycles. The minimum atomic E-state index is -1.44. The average molecular weight is 677 g/mol. The number of esters is 1. The maximum atomic E-state index is 13.6. The average Bonchev–Trinajstić information content (AvgIpc) is 3.01. The van der Waals surface area contributed by atoms with Crippen LogP contribution in [-0.2, 0) is 33.2 Å². The molecule has 0 radical (unpaired) electrons. The Hall–Kier alpha value is -0.970. The first kappa shape index (κ1) is 38.8. The van der Waals surface area contributed by atoms with E-state index in [0.717, 1.165) is 0 Å². The summed E-state index contributed by atoms with van der Waals surface area (Å²) in [7, 11) is 0. The summed E-state index contributed by atoms with van der Waals surface area (Å²) in [6, 6.07) is 0. The molecule has 13 heteroatoms. The Labute approximate surface area is 278 Å². The largest absolute Gasteiger partial charge is 0.435 e. The van der Waals surface area contributed by atoms with Crippen LogP contribution in [0, 0.1) is 35.5 Å². The van der Waals surface area contributed by atoms with Gasteiger partial charge in [0.2, 0.25) is 6.29 Å². The SMILES string of the molecule is CC[C@H](O)[C@H](C)[C@@H]1O[C@]2(O[C@H]([C@H](C)C(=O)O[C@H]3C[C@@H](O)[C@H](O[C@H]4C[C@](C)(O)[C@H](O)[C@@H](C)O4)[C@@H](C)O3)[C@H](C)[C@H](O)[C@H]2C)[C@@H](C)[C@@H](O)[C@H]1C. The zero-order chi connectivity index (χ0) is 35.3. The molecule has 0 saturated carbocycles. The molecule has 0 unspecified atom stereocenters. The fourth-order valence-electron chi connectivity index (χ4n) is 8.27. The fraction of sp³-hybridized carbons (Fsp3) is 0.971. The highest BCUT2D eigenvalue weighted by atomic mass is 16.7. The first-order chi connectivity index (χ1) is 21.8. The summed E-state index contributed by atoms with van der Waals surface area (Å²) < 4.78 is 36.7. The number of hydrogen-bond donors (Lipinski definition) is 6. The summed E-state index contributed by atoms with van der Waals surface area (Å²) in [6.45, 7) is 17.5. The van der Waals surface area contributed by atoms with Gasteiger partial charge in [-0.15, -0.1) is 0 Å². The van der Waals surface area contributed by atoms with Crippen molar-refractivity contribution in [1.29, 1.82) is 0 Å². The highest BCUT2D eigenvalue weighted by molar-refractivity contribution is 5.73. The Bertz CT molecular complexity index is 1040. The number of rotatable bonds is 8. The summed E-state index contributed by atoms with van der Waals surface area (Å²) in [4.78, 5) is 13.6. The first-order valence-electron chi connectivity index (χ1n) is 17.4. The lowest BCUT2D eigenvalue weighted by Gasteiger charge is -2.60. The fourth-order valence-corrected chi connectivity index (χ4v) is 8.27. The van der Waals surface area contributed by atoms with Crippen molar-refractivity contribution in [2.75, 3.05) is 0 Å². The normalized spacial score (nSPS) is 51.3. The molecule has 0 bridgehead atoms. The van der Waals surface area contributed by atoms with Gasteiger partial charge in [-0.1, -0.05) is 41.5 Å². The van der Waals surface area contributed by atoms with E-state index in [0.29, 0.717) is 6.42 Å². The molecule has 4 fully saturated rings. The summed E-state index contributed by atoms with van der Waals surface area (Å²) in [5.74, 6) is -5.20. The van der Waals surface area contributed by atoms with Crippen LogP contribution in [0.1, 0.15) is 88.5 Å². The van der Waals surface area contributed by atoms with Crippen LogP contribution in [0.4, 0.5) is 0 Å². The third-order valence-electron chi connectivity index (χ3n) is 11.7. The van der Waals surface area contributed by atoms with E-state index in [4.69, 9.17) is 28.4 Å². The van der Waals surface area contributed by atoms with E-state index in [1.54, 1.807) is 27.7 Å². The second kappa shape index (κ2) is 14.7. The second-order valence-electron chi connectivity index (χ2n) is 15.2. The highest BCUT2D eigenvalue weighted by Gasteiger charge is 2.62. The molecule has 0 aliphatic carbocycles. The topological polar surface area (TPSA) is 194 Å². The zero-order valence-corrected chi connectivity index (χ0v) is 29.6.